The third-order valence-corrected chi connectivity index (χ3v) is 4.82. The average molecular weight is 421 g/mol. The molecule has 0 radical (unpaired) electrons. The first kappa shape index (κ1) is 20.7. The molecular formula is C21H16ClF3N2O2. The Kier molecular flexibility index (Phi) is 5.79. The molecule has 2 aromatic carbocycles. The van der Waals surface area contributed by atoms with E-state index in [1.807, 2.05) is 0 Å². The molecule has 0 saturated heterocycles. The van der Waals surface area contributed by atoms with E-state index in [0.717, 1.165) is 12.1 Å². The summed E-state index contributed by atoms with van der Waals surface area (Å²) in [5.41, 5.74) is 0.258. The molecule has 0 aliphatic heterocycles. The smallest absolute Gasteiger partial charge is 0.322 e. The van der Waals surface area contributed by atoms with Crippen molar-refractivity contribution in [2.24, 2.45) is 0 Å². The lowest BCUT2D eigenvalue weighted by Crippen LogP contribution is -2.29. The van der Waals surface area contributed by atoms with Crippen LogP contribution in [0.25, 0.3) is 0 Å². The van der Waals surface area contributed by atoms with E-state index in [9.17, 15) is 22.8 Å². The molecule has 1 heterocycles. The summed E-state index contributed by atoms with van der Waals surface area (Å²) in [7, 11) is 0. The van der Waals surface area contributed by atoms with Crippen LogP contribution >= 0.6 is 11.6 Å². The van der Waals surface area contributed by atoms with Crippen LogP contribution in [0.1, 0.15) is 27.0 Å². The summed E-state index contributed by atoms with van der Waals surface area (Å²) in [5.74, 6) is -0.595. The van der Waals surface area contributed by atoms with E-state index in [4.69, 9.17) is 11.6 Å². The highest BCUT2D eigenvalue weighted by Gasteiger charge is 2.29. The van der Waals surface area contributed by atoms with E-state index in [1.165, 1.54) is 35.0 Å². The maximum Gasteiger partial charge on any atom is 0.416 e. The Morgan fingerprint density at radius 2 is 1.76 bits per heavy atom. The van der Waals surface area contributed by atoms with Crippen LogP contribution in [0.2, 0.25) is 5.02 Å². The van der Waals surface area contributed by atoms with Gasteiger partial charge in [0.2, 0.25) is 0 Å². The quantitative estimate of drug-likeness (QED) is 0.636. The molecule has 4 nitrogen and oxygen atoms in total. The minimum absolute atomic E-state index is 0.0360. The van der Waals surface area contributed by atoms with Crippen molar-refractivity contribution in [2.75, 3.05) is 5.32 Å². The number of alkyl halides is 3. The lowest BCUT2D eigenvalue weighted by molar-refractivity contribution is -0.137. The summed E-state index contributed by atoms with van der Waals surface area (Å²) in [5, 5.41) is 3.14. The molecule has 3 rings (SSSR count). The molecule has 0 fully saturated rings. The number of carbonyl (C=O) groups is 1. The van der Waals surface area contributed by atoms with E-state index in [-0.39, 0.29) is 12.1 Å². The van der Waals surface area contributed by atoms with Crippen molar-refractivity contribution in [1.82, 2.24) is 4.57 Å². The number of hydrogen-bond acceptors (Lipinski definition) is 2. The molecule has 0 spiro atoms. The van der Waals surface area contributed by atoms with E-state index in [2.05, 4.69) is 5.32 Å². The SMILES string of the molecule is Cc1c(Cl)cccc1NC(=O)c1cccn(Cc2ccc(C(F)(F)F)cc2)c1=O. The Morgan fingerprint density at radius 3 is 2.41 bits per heavy atom. The Balaban J connectivity index is 1.83. The van der Waals surface area contributed by atoms with Gasteiger partial charge in [-0.05, 0) is 54.4 Å². The summed E-state index contributed by atoms with van der Waals surface area (Å²) < 4.78 is 39.3. The molecule has 0 atom stereocenters. The number of nitrogens with zero attached hydrogens (tertiary/aromatic N) is 1. The van der Waals surface area contributed by atoms with Crippen LogP contribution in [0.4, 0.5) is 18.9 Å². The Morgan fingerprint density at radius 1 is 1.07 bits per heavy atom. The van der Waals surface area contributed by atoms with E-state index in [0.29, 0.717) is 21.8 Å². The highest BCUT2D eigenvalue weighted by molar-refractivity contribution is 6.31. The maximum absolute atomic E-state index is 12.7. The van der Waals surface area contributed by atoms with Gasteiger partial charge in [0.15, 0.2) is 0 Å². The first-order valence-electron chi connectivity index (χ1n) is 8.59. The fourth-order valence-corrected chi connectivity index (χ4v) is 2.94. The van der Waals surface area contributed by atoms with Crippen LogP contribution in [0, 0.1) is 6.92 Å². The van der Waals surface area contributed by atoms with Crippen molar-refractivity contribution >= 4 is 23.2 Å². The molecule has 0 bridgehead atoms. The molecule has 0 aliphatic carbocycles. The minimum atomic E-state index is -4.42. The van der Waals surface area contributed by atoms with E-state index >= 15 is 0 Å². The lowest BCUT2D eigenvalue weighted by Gasteiger charge is -2.12. The van der Waals surface area contributed by atoms with Gasteiger partial charge in [-0.25, -0.2) is 0 Å². The largest absolute Gasteiger partial charge is 0.416 e. The molecule has 8 heteroatoms. The number of amides is 1. The highest BCUT2D eigenvalue weighted by Crippen LogP contribution is 2.29. The van der Waals surface area contributed by atoms with Gasteiger partial charge < -0.3 is 9.88 Å². The molecule has 1 aromatic heterocycles. The monoisotopic (exact) mass is 420 g/mol. The second kappa shape index (κ2) is 8.13. The van der Waals surface area contributed by atoms with E-state index < -0.39 is 23.2 Å². The van der Waals surface area contributed by atoms with Gasteiger partial charge in [0.1, 0.15) is 5.56 Å². The van der Waals surface area contributed by atoms with Gasteiger partial charge in [-0.15, -0.1) is 0 Å². The zero-order valence-corrected chi connectivity index (χ0v) is 16.0. The number of anilines is 1. The van der Waals surface area contributed by atoms with Crippen molar-refractivity contribution in [2.45, 2.75) is 19.6 Å². The molecular weight excluding hydrogens is 405 g/mol. The number of hydrogen-bond donors (Lipinski definition) is 1. The average Bonchev–Trinajstić information content (AvgIpc) is 2.67. The van der Waals surface area contributed by atoms with Crippen LogP contribution in [-0.2, 0) is 12.7 Å². The Labute approximate surface area is 169 Å². The fourth-order valence-electron chi connectivity index (χ4n) is 2.76. The van der Waals surface area contributed by atoms with Crippen molar-refractivity contribution < 1.29 is 18.0 Å². The number of carbonyl (C=O) groups excluding carboxylic acids is 1. The topological polar surface area (TPSA) is 51.1 Å². The molecule has 29 heavy (non-hydrogen) atoms. The lowest BCUT2D eigenvalue weighted by atomic mass is 10.1. The number of benzene rings is 2. The van der Waals surface area contributed by atoms with Gasteiger partial charge in [-0.3, -0.25) is 9.59 Å². The normalized spacial score (nSPS) is 11.3. The highest BCUT2D eigenvalue weighted by atomic mass is 35.5. The van der Waals surface area contributed by atoms with Crippen molar-refractivity contribution in [1.29, 1.82) is 0 Å². The molecule has 3 aromatic rings. The van der Waals surface area contributed by atoms with Crippen molar-refractivity contribution in [3.8, 4) is 0 Å². The first-order chi connectivity index (χ1) is 13.7. The van der Waals surface area contributed by atoms with Crippen LogP contribution in [-0.4, -0.2) is 10.5 Å². The summed E-state index contributed by atoms with van der Waals surface area (Å²) >= 11 is 6.04. The third kappa shape index (κ3) is 4.68. The molecule has 150 valence electrons. The van der Waals surface area contributed by atoms with Gasteiger partial charge in [-0.1, -0.05) is 29.8 Å². The molecule has 0 saturated carbocycles. The summed E-state index contributed by atoms with van der Waals surface area (Å²) in [6, 6.07) is 12.5. The van der Waals surface area contributed by atoms with Gasteiger partial charge in [0.05, 0.1) is 12.1 Å². The predicted octanol–water partition coefficient (Wildman–Crippen LogP) is 5.13. The van der Waals surface area contributed by atoms with Crippen LogP contribution < -0.4 is 10.9 Å². The molecule has 0 aliphatic rings. The maximum atomic E-state index is 12.7. The number of halogens is 4. The standard InChI is InChI=1S/C21H16ClF3N2O2/c1-13-17(22)5-2-6-18(13)26-19(28)16-4-3-11-27(20(16)29)12-14-7-9-15(10-8-14)21(23,24)25/h2-11H,12H2,1H3,(H,26,28). The second-order valence-electron chi connectivity index (χ2n) is 6.42. The molecule has 0 unspecified atom stereocenters. The second-order valence-corrected chi connectivity index (χ2v) is 6.82. The number of rotatable bonds is 4. The summed E-state index contributed by atoms with van der Waals surface area (Å²) in [6.45, 7) is 1.78. The zero-order chi connectivity index (χ0) is 21.2. The van der Waals surface area contributed by atoms with Crippen LogP contribution in [0.5, 0.6) is 0 Å². The zero-order valence-electron chi connectivity index (χ0n) is 15.3. The van der Waals surface area contributed by atoms with Crippen molar-refractivity contribution in [3.05, 3.63) is 98.4 Å². The number of pyridine rings is 1. The first-order valence-corrected chi connectivity index (χ1v) is 8.96. The Bertz CT molecular complexity index is 1110. The Hall–Kier alpha value is -3.06. The predicted molar refractivity (Wildman–Crippen MR) is 105 cm³/mol. The summed E-state index contributed by atoms with van der Waals surface area (Å²) in [6.07, 6.45) is -2.95. The summed E-state index contributed by atoms with van der Waals surface area (Å²) in [4.78, 5) is 25.2. The number of nitrogens with one attached hydrogen (secondary N) is 1. The fraction of sp³-hybridized carbons (Fsp3) is 0.143. The van der Waals surface area contributed by atoms with Gasteiger partial charge in [0.25, 0.3) is 11.5 Å². The molecule has 1 amide bonds. The third-order valence-electron chi connectivity index (χ3n) is 4.41. The number of aromatic nitrogens is 1. The van der Waals surface area contributed by atoms with E-state index in [1.54, 1.807) is 25.1 Å². The van der Waals surface area contributed by atoms with Gasteiger partial charge in [-0.2, -0.15) is 13.2 Å². The minimum Gasteiger partial charge on any atom is -0.322 e. The van der Waals surface area contributed by atoms with Crippen LogP contribution in [0.3, 0.4) is 0 Å². The van der Waals surface area contributed by atoms with Crippen LogP contribution in [0.15, 0.2) is 65.6 Å². The van der Waals surface area contributed by atoms with Gasteiger partial charge in [0, 0.05) is 16.9 Å². The van der Waals surface area contributed by atoms with Gasteiger partial charge >= 0.3 is 6.18 Å². The molecule has 1 N–H and O–H groups in total. The van der Waals surface area contributed by atoms with Crippen molar-refractivity contribution in [3.63, 3.8) is 0 Å².